The van der Waals surface area contributed by atoms with Gasteiger partial charge in [-0.1, -0.05) is 12.1 Å². The molecule has 0 aliphatic heterocycles. The van der Waals surface area contributed by atoms with Crippen molar-refractivity contribution in [3.8, 4) is 11.5 Å². The number of hydrogen-bond donors (Lipinski definition) is 1. The minimum Gasteiger partial charge on any atom is -0.489 e. The summed E-state index contributed by atoms with van der Waals surface area (Å²) in [5.41, 5.74) is 0.603. The van der Waals surface area contributed by atoms with Crippen molar-refractivity contribution in [3.63, 3.8) is 0 Å². The van der Waals surface area contributed by atoms with Crippen LogP contribution in [-0.4, -0.2) is 19.5 Å². The zero-order valence-corrected chi connectivity index (χ0v) is 11.4. The van der Waals surface area contributed by atoms with Gasteiger partial charge >= 0.3 is 6.36 Å². The van der Waals surface area contributed by atoms with Gasteiger partial charge in [-0.3, -0.25) is 0 Å². The van der Waals surface area contributed by atoms with Gasteiger partial charge in [0.1, 0.15) is 12.4 Å². The first kappa shape index (κ1) is 15.9. The number of ether oxygens (including phenoxy) is 2. The highest BCUT2D eigenvalue weighted by atomic mass is 19.4. The maximum atomic E-state index is 13.3. The number of halogens is 4. The van der Waals surface area contributed by atoms with Crippen LogP contribution in [0.15, 0.2) is 48.5 Å². The maximum absolute atomic E-state index is 13.3. The molecule has 0 atom stereocenters. The molecule has 2 aromatic rings. The Kier molecular flexibility index (Phi) is 5.08. The van der Waals surface area contributed by atoms with E-state index in [0.717, 1.165) is 0 Å². The van der Waals surface area contributed by atoms with Gasteiger partial charge in [-0.2, -0.15) is 0 Å². The molecular weight excluding hydrogens is 302 g/mol. The fraction of sp³-hybridized carbons (Fsp3) is 0.200. The fourth-order valence-corrected chi connectivity index (χ4v) is 1.69. The van der Waals surface area contributed by atoms with E-state index in [4.69, 9.17) is 4.74 Å². The van der Waals surface area contributed by atoms with Gasteiger partial charge in [0.2, 0.25) is 0 Å². The highest BCUT2D eigenvalue weighted by Gasteiger charge is 2.30. The number of para-hydroxylation sites is 1. The molecule has 0 unspecified atom stereocenters. The van der Waals surface area contributed by atoms with Crippen molar-refractivity contribution in [2.75, 3.05) is 18.5 Å². The Bertz CT molecular complexity index is 599. The molecule has 0 bridgehead atoms. The lowest BCUT2D eigenvalue weighted by Gasteiger charge is -2.11. The first-order valence-corrected chi connectivity index (χ1v) is 6.41. The predicted molar refractivity (Wildman–Crippen MR) is 73.5 cm³/mol. The summed E-state index contributed by atoms with van der Waals surface area (Å²) in [6.45, 7) is 0.579. The lowest BCUT2D eigenvalue weighted by Crippen LogP contribution is -2.17. The van der Waals surface area contributed by atoms with Crippen molar-refractivity contribution in [3.05, 3.63) is 54.3 Å². The molecule has 0 saturated heterocycles. The number of alkyl halides is 3. The Morgan fingerprint density at radius 2 is 1.64 bits per heavy atom. The Hall–Kier alpha value is -2.44. The van der Waals surface area contributed by atoms with Gasteiger partial charge in [-0.25, -0.2) is 4.39 Å². The Labute approximate surface area is 124 Å². The van der Waals surface area contributed by atoms with E-state index >= 15 is 0 Å². The summed E-state index contributed by atoms with van der Waals surface area (Å²) in [4.78, 5) is 0. The zero-order chi connectivity index (χ0) is 16.0. The van der Waals surface area contributed by atoms with Crippen LogP contribution in [-0.2, 0) is 0 Å². The van der Waals surface area contributed by atoms with Crippen molar-refractivity contribution in [2.45, 2.75) is 6.36 Å². The number of nitrogens with one attached hydrogen (secondary N) is 1. The monoisotopic (exact) mass is 315 g/mol. The first-order chi connectivity index (χ1) is 10.4. The van der Waals surface area contributed by atoms with Crippen LogP contribution in [0.2, 0.25) is 0 Å². The van der Waals surface area contributed by atoms with Gasteiger partial charge in [0.05, 0.1) is 0 Å². The van der Waals surface area contributed by atoms with Crippen molar-refractivity contribution in [1.82, 2.24) is 0 Å². The van der Waals surface area contributed by atoms with E-state index in [2.05, 4.69) is 10.1 Å². The molecule has 0 aliphatic rings. The summed E-state index contributed by atoms with van der Waals surface area (Å²) < 4.78 is 58.3. The van der Waals surface area contributed by atoms with E-state index in [9.17, 15) is 17.6 Å². The van der Waals surface area contributed by atoms with Crippen LogP contribution in [0, 0.1) is 5.82 Å². The van der Waals surface area contributed by atoms with E-state index in [1.807, 2.05) is 0 Å². The van der Waals surface area contributed by atoms with Gasteiger partial charge in [0, 0.05) is 12.2 Å². The Morgan fingerprint density at radius 1 is 0.955 bits per heavy atom. The molecule has 0 fully saturated rings. The average molecular weight is 315 g/mol. The van der Waals surface area contributed by atoms with Gasteiger partial charge < -0.3 is 14.8 Å². The third kappa shape index (κ3) is 5.16. The van der Waals surface area contributed by atoms with Crippen LogP contribution in [0.4, 0.5) is 23.2 Å². The Balaban J connectivity index is 1.77. The summed E-state index contributed by atoms with van der Waals surface area (Å²) in [5, 5.41) is 2.94. The Morgan fingerprint density at radius 3 is 2.27 bits per heavy atom. The second-order valence-electron chi connectivity index (χ2n) is 4.28. The second-order valence-corrected chi connectivity index (χ2v) is 4.28. The van der Waals surface area contributed by atoms with Gasteiger partial charge in [0.25, 0.3) is 0 Å². The average Bonchev–Trinajstić information content (AvgIpc) is 2.45. The molecule has 2 aromatic carbocycles. The topological polar surface area (TPSA) is 30.5 Å². The number of anilines is 1. The predicted octanol–water partition coefficient (Wildman–Crippen LogP) is 4.22. The zero-order valence-electron chi connectivity index (χ0n) is 11.4. The standard InChI is InChI=1S/C15H13F4NO2/c16-13-3-1-2-4-14(13)21-10-9-20-11-5-7-12(8-6-11)22-15(17,18)19/h1-8,20H,9-10H2. The van der Waals surface area contributed by atoms with Crippen LogP contribution in [0.3, 0.4) is 0 Å². The summed E-state index contributed by atoms with van der Waals surface area (Å²) >= 11 is 0. The molecular formula is C15H13F4NO2. The van der Waals surface area contributed by atoms with Crippen LogP contribution in [0.5, 0.6) is 11.5 Å². The second kappa shape index (κ2) is 7.02. The highest BCUT2D eigenvalue weighted by molar-refractivity contribution is 5.46. The molecule has 0 heterocycles. The molecule has 22 heavy (non-hydrogen) atoms. The van der Waals surface area contributed by atoms with Gasteiger partial charge in [-0.05, 0) is 36.4 Å². The molecule has 118 valence electrons. The van der Waals surface area contributed by atoms with Crippen molar-refractivity contribution >= 4 is 5.69 Å². The largest absolute Gasteiger partial charge is 0.573 e. The lowest BCUT2D eigenvalue weighted by molar-refractivity contribution is -0.274. The van der Waals surface area contributed by atoms with Crippen molar-refractivity contribution < 1.29 is 27.0 Å². The molecule has 0 aromatic heterocycles. The van der Waals surface area contributed by atoms with Gasteiger partial charge in [-0.15, -0.1) is 13.2 Å². The smallest absolute Gasteiger partial charge is 0.489 e. The molecule has 2 rings (SSSR count). The van der Waals surface area contributed by atoms with E-state index in [0.29, 0.717) is 12.2 Å². The quantitative estimate of drug-likeness (QED) is 0.640. The third-order valence-electron chi connectivity index (χ3n) is 2.61. The van der Waals surface area contributed by atoms with Crippen LogP contribution in [0.25, 0.3) is 0 Å². The SMILES string of the molecule is Fc1ccccc1OCCNc1ccc(OC(F)(F)F)cc1. The molecule has 7 heteroatoms. The molecule has 0 amide bonds. The molecule has 0 spiro atoms. The third-order valence-corrected chi connectivity index (χ3v) is 2.61. The van der Waals surface area contributed by atoms with Crippen molar-refractivity contribution in [2.24, 2.45) is 0 Å². The first-order valence-electron chi connectivity index (χ1n) is 6.41. The molecule has 0 radical (unpaired) electrons. The number of hydrogen-bond acceptors (Lipinski definition) is 3. The highest BCUT2D eigenvalue weighted by Crippen LogP contribution is 2.23. The lowest BCUT2D eigenvalue weighted by atomic mass is 10.3. The van der Waals surface area contributed by atoms with Crippen molar-refractivity contribution in [1.29, 1.82) is 0 Å². The molecule has 0 aliphatic carbocycles. The van der Waals surface area contributed by atoms with E-state index in [1.54, 1.807) is 12.1 Å². The summed E-state index contributed by atoms with van der Waals surface area (Å²) in [6, 6.07) is 11.3. The number of benzene rings is 2. The minimum atomic E-state index is -4.71. The van der Waals surface area contributed by atoms with Gasteiger partial charge in [0.15, 0.2) is 11.6 Å². The number of rotatable bonds is 6. The summed E-state index contributed by atoms with van der Waals surface area (Å²) in [6.07, 6.45) is -4.71. The molecule has 1 N–H and O–H groups in total. The van der Waals surface area contributed by atoms with E-state index < -0.39 is 12.2 Å². The van der Waals surface area contributed by atoms with Crippen LogP contribution in [0.1, 0.15) is 0 Å². The van der Waals surface area contributed by atoms with Crippen LogP contribution < -0.4 is 14.8 Å². The maximum Gasteiger partial charge on any atom is 0.573 e. The summed E-state index contributed by atoms with van der Waals surface area (Å²) in [7, 11) is 0. The summed E-state index contributed by atoms with van der Waals surface area (Å²) in [5.74, 6) is -0.588. The molecule has 3 nitrogen and oxygen atoms in total. The fourth-order valence-electron chi connectivity index (χ4n) is 1.69. The van der Waals surface area contributed by atoms with E-state index in [-0.39, 0.29) is 18.1 Å². The van der Waals surface area contributed by atoms with E-state index in [1.165, 1.54) is 36.4 Å². The normalized spacial score (nSPS) is 11.1. The molecule has 0 saturated carbocycles. The minimum absolute atomic E-state index is 0.151. The van der Waals surface area contributed by atoms with Crippen LogP contribution >= 0.6 is 0 Å².